The average Bonchev–Trinajstić information content (AvgIpc) is 2.34. The molecule has 102 valence electrons. The van der Waals surface area contributed by atoms with Crippen LogP contribution in [0, 0.1) is 0 Å². The molecule has 0 aliphatic rings. The number of hydrogen-bond donors (Lipinski definition) is 1. The molecule has 1 unspecified atom stereocenters. The number of unbranched alkanes of at least 4 members (excludes halogenated alkanes) is 1. The highest BCUT2D eigenvalue weighted by molar-refractivity contribution is 5.75. The Bertz CT molecular complexity index is 198. The fraction of sp³-hybridized carbons (Fsp3) is 0.923. The van der Waals surface area contributed by atoms with Crippen LogP contribution in [-0.4, -0.2) is 50.2 Å². The minimum atomic E-state index is -0.175. The molecule has 0 rings (SSSR count). The average molecular weight is 244 g/mol. The van der Waals surface area contributed by atoms with E-state index < -0.39 is 0 Å². The molecule has 1 N–H and O–H groups in total. The number of likely N-dealkylation sites (N-methyl/N-ethyl adjacent to an activating group) is 1. The van der Waals surface area contributed by atoms with Crippen LogP contribution in [0.4, 0.5) is 0 Å². The second-order valence-electron chi connectivity index (χ2n) is 4.17. The van der Waals surface area contributed by atoms with Crippen molar-refractivity contribution in [3.8, 4) is 0 Å². The second kappa shape index (κ2) is 10.5. The lowest BCUT2D eigenvalue weighted by atomic mass is 10.2. The van der Waals surface area contributed by atoms with Crippen LogP contribution in [0.1, 0.15) is 40.0 Å². The summed E-state index contributed by atoms with van der Waals surface area (Å²) in [6, 6.07) is -0.175. The molecule has 1 atom stereocenters. The van der Waals surface area contributed by atoms with Gasteiger partial charge in [0.1, 0.15) is 6.04 Å². The molecule has 0 aliphatic heterocycles. The molecule has 0 heterocycles. The Morgan fingerprint density at radius 2 is 2.00 bits per heavy atom. The summed E-state index contributed by atoms with van der Waals surface area (Å²) in [6.45, 7) is 9.75. The first-order chi connectivity index (χ1) is 8.19. The number of carbonyl (C=O) groups is 1. The number of nitrogens with one attached hydrogen (secondary N) is 1. The van der Waals surface area contributed by atoms with Crippen LogP contribution in [0.25, 0.3) is 0 Å². The summed E-state index contributed by atoms with van der Waals surface area (Å²) >= 11 is 0. The third-order valence-corrected chi connectivity index (χ3v) is 2.93. The first-order valence-electron chi connectivity index (χ1n) is 6.75. The Hall–Kier alpha value is -0.610. The van der Waals surface area contributed by atoms with Gasteiger partial charge in [0.2, 0.25) is 0 Å². The Balaban J connectivity index is 3.97. The zero-order chi connectivity index (χ0) is 13.1. The minimum absolute atomic E-state index is 0.137. The second-order valence-corrected chi connectivity index (χ2v) is 4.17. The molecular formula is C13H28N2O2. The third kappa shape index (κ3) is 7.34. The number of rotatable bonds is 10. The zero-order valence-electron chi connectivity index (χ0n) is 11.8. The predicted molar refractivity (Wildman–Crippen MR) is 71.1 cm³/mol. The molecule has 4 heteroatoms. The lowest BCUT2D eigenvalue weighted by Crippen LogP contribution is -2.39. The van der Waals surface area contributed by atoms with Gasteiger partial charge in [0, 0.05) is 6.54 Å². The number of hydrogen-bond acceptors (Lipinski definition) is 4. The van der Waals surface area contributed by atoms with Gasteiger partial charge in [-0.3, -0.25) is 4.79 Å². The van der Waals surface area contributed by atoms with Crippen LogP contribution < -0.4 is 5.32 Å². The summed E-state index contributed by atoms with van der Waals surface area (Å²) in [5.74, 6) is -0.137. The van der Waals surface area contributed by atoms with Crippen LogP contribution in [0.3, 0.4) is 0 Å². The van der Waals surface area contributed by atoms with Crippen molar-refractivity contribution in [1.29, 1.82) is 0 Å². The normalized spacial score (nSPS) is 12.8. The smallest absolute Gasteiger partial charge is 0.323 e. The van der Waals surface area contributed by atoms with Gasteiger partial charge in [0.15, 0.2) is 0 Å². The van der Waals surface area contributed by atoms with Crippen LogP contribution in [0.5, 0.6) is 0 Å². The van der Waals surface area contributed by atoms with Crippen LogP contribution in [0.15, 0.2) is 0 Å². The van der Waals surface area contributed by atoms with Crippen LogP contribution in [0.2, 0.25) is 0 Å². The van der Waals surface area contributed by atoms with Gasteiger partial charge in [-0.25, -0.2) is 0 Å². The van der Waals surface area contributed by atoms with E-state index in [0.717, 1.165) is 26.1 Å². The molecule has 0 aromatic carbocycles. The van der Waals surface area contributed by atoms with Crippen molar-refractivity contribution in [1.82, 2.24) is 10.2 Å². The quantitative estimate of drug-likeness (QED) is 0.593. The summed E-state index contributed by atoms with van der Waals surface area (Å²) < 4.78 is 5.02. The summed E-state index contributed by atoms with van der Waals surface area (Å²) in [7, 11) is 1.81. The summed E-state index contributed by atoms with van der Waals surface area (Å²) in [4.78, 5) is 14.0. The van der Waals surface area contributed by atoms with E-state index in [2.05, 4.69) is 24.1 Å². The largest absolute Gasteiger partial charge is 0.465 e. The summed E-state index contributed by atoms with van der Waals surface area (Å²) in [5.41, 5.74) is 0. The maximum Gasteiger partial charge on any atom is 0.323 e. The summed E-state index contributed by atoms with van der Waals surface area (Å²) in [6.07, 6.45) is 3.24. The van der Waals surface area contributed by atoms with Gasteiger partial charge in [-0.15, -0.1) is 0 Å². The number of esters is 1. The molecule has 0 amide bonds. The van der Waals surface area contributed by atoms with Crippen molar-refractivity contribution in [3.05, 3.63) is 0 Å². The third-order valence-electron chi connectivity index (χ3n) is 2.93. The number of nitrogens with zero attached hydrogens (tertiary/aromatic N) is 1. The van der Waals surface area contributed by atoms with E-state index in [1.54, 1.807) is 0 Å². The molecule has 0 aromatic rings. The zero-order valence-corrected chi connectivity index (χ0v) is 11.8. The van der Waals surface area contributed by atoms with Gasteiger partial charge in [-0.1, -0.05) is 20.3 Å². The van der Waals surface area contributed by atoms with E-state index in [1.807, 2.05) is 14.0 Å². The summed E-state index contributed by atoms with van der Waals surface area (Å²) in [5, 5.41) is 3.02. The monoisotopic (exact) mass is 244 g/mol. The van der Waals surface area contributed by atoms with Gasteiger partial charge in [0.05, 0.1) is 6.61 Å². The fourth-order valence-corrected chi connectivity index (χ4v) is 1.74. The highest BCUT2D eigenvalue weighted by Crippen LogP contribution is 2.01. The first-order valence-corrected chi connectivity index (χ1v) is 6.75. The van der Waals surface area contributed by atoms with E-state index in [0.29, 0.717) is 6.61 Å². The van der Waals surface area contributed by atoms with Crippen molar-refractivity contribution in [3.63, 3.8) is 0 Å². The van der Waals surface area contributed by atoms with Gasteiger partial charge in [0.25, 0.3) is 0 Å². The molecule has 0 bridgehead atoms. The van der Waals surface area contributed by atoms with Crippen molar-refractivity contribution in [2.24, 2.45) is 0 Å². The van der Waals surface area contributed by atoms with Crippen molar-refractivity contribution in [2.75, 3.05) is 33.3 Å². The van der Waals surface area contributed by atoms with Crippen LogP contribution >= 0.6 is 0 Å². The van der Waals surface area contributed by atoms with Crippen molar-refractivity contribution < 1.29 is 9.53 Å². The molecule has 0 saturated carbocycles. The number of carbonyl (C=O) groups excluding carboxylic acids is 1. The van der Waals surface area contributed by atoms with Crippen LogP contribution in [-0.2, 0) is 9.53 Å². The minimum Gasteiger partial charge on any atom is -0.465 e. The maximum absolute atomic E-state index is 11.6. The Labute approximate surface area is 106 Å². The molecule has 0 aromatic heterocycles. The number of ether oxygens (including phenoxy) is 1. The van der Waals surface area contributed by atoms with E-state index >= 15 is 0 Å². The molecule has 0 fully saturated rings. The van der Waals surface area contributed by atoms with E-state index in [-0.39, 0.29) is 12.0 Å². The highest BCUT2D eigenvalue weighted by Gasteiger charge is 2.18. The lowest BCUT2D eigenvalue weighted by molar-refractivity contribution is -0.145. The molecule has 0 spiro atoms. The Kier molecular flexibility index (Phi) is 10.2. The van der Waals surface area contributed by atoms with Gasteiger partial charge < -0.3 is 15.0 Å². The van der Waals surface area contributed by atoms with E-state index in [1.165, 1.54) is 12.8 Å². The molecule has 17 heavy (non-hydrogen) atoms. The SMILES string of the molecule is CCCCN(CC)CCC(NC)C(=O)OCC. The van der Waals surface area contributed by atoms with Crippen molar-refractivity contribution >= 4 is 5.97 Å². The topological polar surface area (TPSA) is 41.6 Å². The van der Waals surface area contributed by atoms with Gasteiger partial charge in [-0.2, -0.15) is 0 Å². The Morgan fingerprint density at radius 3 is 2.47 bits per heavy atom. The molecule has 0 radical (unpaired) electrons. The van der Waals surface area contributed by atoms with Gasteiger partial charge in [-0.05, 0) is 39.9 Å². The molecular weight excluding hydrogens is 216 g/mol. The standard InChI is InChI=1S/C13H28N2O2/c1-5-8-10-15(6-2)11-9-12(14-4)13(16)17-7-3/h12,14H,5-11H2,1-4H3. The lowest BCUT2D eigenvalue weighted by Gasteiger charge is -2.22. The first kappa shape index (κ1) is 16.4. The van der Waals surface area contributed by atoms with Crippen molar-refractivity contribution in [2.45, 2.75) is 46.1 Å². The van der Waals surface area contributed by atoms with Gasteiger partial charge >= 0.3 is 5.97 Å². The Morgan fingerprint density at radius 1 is 1.29 bits per heavy atom. The predicted octanol–water partition coefficient (Wildman–Crippen LogP) is 1.65. The van der Waals surface area contributed by atoms with E-state index in [4.69, 9.17) is 4.74 Å². The molecule has 0 aliphatic carbocycles. The molecule has 4 nitrogen and oxygen atoms in total. The maximum atomic E-state index is 11.6. The highest BCUT2D eigenvalue weighted by atomic mass is 16.5. The van der Waals surface area contributed by atoms with E-state index in [9.17, 15) is 4.79 Å². The molecule has 0 saturated heterocycles. The fourth-order valence-electron chi connectivity index (χ4n) is 1.74.